The minimum absolute atomic E-state index is 0.266. The molecule has 4 heteroatoms. The SMILES string of the molecule is C=CCNC(=O)N/C=C/c1cccc(Cl)c1. The molecular formula is C12H13ClN2O. The number of rotatable bonds is 4. The first-order chi connectivity index (χ1) is 7.72. The van der Waals surface area contributed by atoms with Crippen LogP contribution in [-0.4, -0.2) is 12.6 Å². The summed E-state index contributed by atoms with van der Waals surface area (Å²) in [6.07, 6.45) is 4.93. The van der Waals surface area contributed by atoms with Crippen molar-refractivity contribution in [3.8, 4) is 0 Å². The van der Waals surface area contributed by atoms with Gasteiger partial charge in [0.15, 0.2) is 0 Å². The van der Waals surface area contributed by atoms with Gasteiger partial charge in [0.25, 0.3) is 0 Å². The van der Waals surface area contributed by atoms with E-state index in [0.717, 1.165) is 5.56 Å². The van der Waals surface area contributed by atoms with Gasteiger partial charge in [0.05, 0.1) is 0 Å². The zero-order chi connectivity index (χ0) is 11.8. The molecule has 0 aromatic heterocycles. The Morgan fingerprint density at radius 2 is 2.31 bits per heavy atom. The minimum atomic E-state index is -0.266. The van der Waals surface area contributed by atoms with E-state index < -0.39 is 0 Å². The lowest BCUT2D eigenvalue weighted by Crippen LogP contribution is -2.31. The van der Waals surface area contributed by atoms with Crippen molar-refractivity contribution < 1.29 is 4.79 Å². The molecule has 0 unspecified atom stereocenters. The second-order valence-corrected chi connectivity index (χ2v) is 3.47. The van der Waals surface area contributed by atoms with Crippen LogP contribution < -0.4 is 10.6 Å². The number of carbonyl (C=O) groups excluding carboxylic acids is 1. The molecule has 0 atom stereocenters. The summed E-state index contributed by atoms with van der Waals surface area (Å²) in [5.41, 5.74) is 0.927. The van der Waals surface area contributed by atoms with Crippen LogP contribution in [-0.2, 0) is 0 Å². The smallest absolute Gasteiger partial charge is 0.319 e. The van der Waals surface area contributed by atoms with E-state index in [1.54, 1.807) is 30.5 Å². The second-order valence-electron chi connectivity index (χ2n) is 3.03. The van der Waals surface area contributed by atoms with Crippen molar-refractivity contribution in [3.05, 3.63) is 53.7 Å². The van der Waals surface area contributed by atoms with Crippen LogP contribution >= 0.6 is 11.6 Å². The van der Waals surface area contributed by atoms with E-state index in [0.29, 0.717) is 11.6 Å². The van der Waals surface area contributed by atoms with Gasteiger partial charge >= 0.3 is 6.03 Å². The third-order valence-corrected chi connectivity index (χ3v) is 1.98. The summed E-state index contributed by atoms with van der Waals surface area (Å²) in [6.45, 7) is 3.94. The third-order valence-electron chi connectivity index (χ3n) is 1.75. The lowest BCUT2D eigenvalue weighted by atomic mass is 10.2. The van der Waals surface area contributed by atoms with E-state index in [-0.39, 0.29) is 6.03 Å². The Labute approximate surface area is 99.8 Å². The van der Waals surface area contributed by atoms with Gasteiger partial charge in [0, 0.05) is 17.8 Å². The molecular weight excluding hydrogens is 224 g/mol. The average molecular weight is 237 g/mol. The van der Waals surface area contributed by atoms with Crippen LogP contribution in [0.2, 0.25) is 5.02 Å². The van der Waals surface area contributed by atoms with Crippen molar-refractivity contribution in [2.24, 2.45) is 0 Å². The van der Waals surface area contributed by atoms with E-state index in [4.69, 9.17) is 11.6 Å². The van der Waals surface area contributed by atoms with Crippen molar-refractivity contribution >= 4 is 23.7 Å². The maximum atomic E-state index is 11.1. The molecule has 0 fully saturated rings. The number of urea groups is 1. The molecule has 0 aliphatic carbocycles. The van der Waals surface area contributed by atoms with Gasteiger partial charge in [-0.2, -0.15) is 0 Å². The van der Waals surface area contributed by atoms with Gasteiger partial charge in [-0.15, -0.1) is 6.58 Å². The maximum absolute atomic E-state index is 11.1. The fourth-order valence-corrected chi connectivity index (χ4v) is 1.24. The van der Waals surface area contributed by atoms with Crippen molar-refractivity contribution in [1.82, 2.24) is 10.6 Å². The van der Waals surface area contributed by atoms with Crippen molar-refractivity contribution in [2.45, 2.75) is 0 Å². The molecule has 0 bridgehead atoms. The normalized spacial score (nSPS) is 10.1. The number of benzene rings is 1. The van der Waals surface area contributed by atoms with Crippen LogP contribution in [0.1, 0.15) is 5.56 Å². The van der Waals surface area contributed by atoms with Crippen LogP contribution in [0.3, 0.4) is 0 Å². The number of halogens is 1. The van der Waals surface area contributed by atoms with Crippen LogP contribution in [0.4, 0.5) is 4.79 Å². The molecule has 0 saturated heterocycles. The Morgan fingerprint density at radius 1 is 1.50 bits per heavy atom. The summed E-state index contributed by atoms with van der Waals surface area (Å²) < 4.78 is 0. The van der Waals surface area contributed by atoms with E-state index in [2.05, 4.69) is 17.2 Å². The number of hydrogen-bond donors (Lipinski definition) is 2. The van der Waals surface area contributed by atoms with Gasteiger partial charge in [-0.25, -0.2) is 4.79 Å². The monoisotopic (exact) mass is 236 g/mol. The maximum Gasteiger partial charge on any atom is 0.319 e. The molecule has 1 aromatic rings. The predicted molar refractivity (Wildman–Crippen MR) is 67.2 cm³/mol. The Hall–Kier alpha value is -1.74. The molecule has 1 aromatic carbocycles. The molecule has 3 nitrogen and oxygen atoms in total. The quantitative estimate of drug-likeness (QED) is 0.776. The van der Waals surface area contributed by atoms with E-state index in [1.165, 1.54) is 0 Å². The second kappa shape index (κ2) is 6.69. The third kappa shape index (κ3) is 4.66. The standard InChI is InChI=1S/C12H13ClN2O/c1-2-7-14-12(16)15-8-6-10-4-3-5-11(13)9-10/h2-6,8-9H,1,7H2,(H2,14,15,16)/b8-6+. The first-order valence-electron chi connectivity index (χ1n) is 4.80. The largest absolute Gasteiger partial charge is 0.334 e. The first-order valence-corrected chi connectivity index (χ1v) is 5.17. The Bertz CT molecular complexity index is 402. The highest BCUT2D eigenvalue weighted by Gasteiger charge is 1.93. The molecule has 2 amide bonds. The summed E-state index contributed by atoms with van der Waals surface area (Å²) >= 11 is 5.81. The number of carbonyl (C=O) groups is 1. The highest BCUT2D eigenvalue weighted by Crippen LogP contribution is 2.11. The lowest BCUT2D eigenvalue weighted by Gasteiger charge is -2.00. The van der Waals surface area contributed by atoms with E-state index >= 15 is 0 Å². The molecule has 0 radical (unpaired) electrons. The summed E-state index contributed by atoms with van der Waals surface area (Å²) in [4.78, 5) is 11.1. The number of nitrogens with one attached hydrogen (secondary N) is 2. The van der Waals surface area contributed by atoms with Crippen LogP contribution in [0.25, 0.3) is 6.08 Å². The van der Waals surface area contributed by atoms with Crippen molar-refractivity contribution in [1.29, 1.82) is 0 Å². The lowest BCUT2D eigenvalue weighted by molar-refractivity contribution is 0.245. The zero-order valence-corrected chi connectivity index (χ0v) is 9.50. The highest BCUT2D eigenvalue weighted by molar-refractivity contribution is 6.30. The predicted octanol–water partition coefficient (Wildman–Crippen LogP) is 2.80. The molecule has 0 spiro atoms. The van der Waals surface area contributed by atoms with E-state index in [1.807, 2.05) is 12.1 Å². The number of hydrogen-bond acceptors (Lipinski definition) is 1. The molecule has 1 rings (SSSR count). The Morgan fingerprint density at radius 3 is 3.00 bits per heavy atom. The molecule has 0 heterocycles. The van der Waals surface area contributed by atoms with Crippen molar-refractivity contribution in [3.63, 3.8) is 0 Å². The van der Waals surface area contributed by atoms with Crippen LogP contribution in [0.15, 0.2) is 43.1 Å². The fraction of sp³-hybridized carbons (Fsp3) is 0.0833. The average Bonchev–Trinajstić information content (AvgIpc) is 2.26. The van der Waals surface area contributed by atoms with Gasteiger partial charge in [-0.05, 0) is 23.8 Å². The van der Waals surface area contributed by atoms with Gasteiger partial charge in [0.1, 0.15) is 0 Å². The van der Waals surface area contributed by atoms with Gasteiger partial charge in [0.2, 0.25) is 0 Å². The van der Waals surface area contributed by atoms with Crippen molar-refractivity contribution in [2.75, 3.05) is 6.54 Å². The zero-order valence-electron chi connectivity index (χ0n) is 8.74. The molecule has 0 aliphatic heterocycles. The number of amides is 2. The van der Waals surface area contributed by atoms with Crippen LogP contribution in [0, 0.1) is 0 Å². The van der Waals surface area contributed by atoms with Gasteiger partial charge in [-0.3, -0.25) is 0 Å². The first kappa shape index (κ1) is 12.3. The summed E-state index contributed by atoms with van der Waals surface area (Å²) in [5.74, 6) is 0. The molecule has 16 heavy (non-hydrogen) atoms. The minimum Gasteiger partial charge on any atom is -0.334 e. The summed E-state index contributed by atoms with van der Waals surface area (Å²) in [6, 6.07) is 7.08. The summed E-state index contributed by atoms with van der Waals surface area (Å²) in [7, 11) is 0. The fourth-order valence-electron chi connectivity index (χ4n) is 1.04. The Balaban J connectivity index is 2.42. The van der Waals surface area contributed by atoms with E-state index in [9.17, 15) is 4.79 Å². The molecule has 2 N–H and O–H groups in total. The topological polar surface area (TPSA) is 41.1 Å². The highest BCUT2D eigenvalue weighted by atomic mass is 35.5. The Kier molecular flexibility index (Phi) is 5.16. The molecule has 0 saturated carbocycles. The van der Waals surface area contributed by atoms with Gasteiger partial charge in [-0.1, -0.05) is 29.8 Å². The molecule has 84 valence electrons. The molecule has 0 aliphatic rings. The summed E-state index contributed by atoms with van der Waals surface area (Å²) in [5, 5.41) is 5.81. The van der Waals surface area contributed by atoms with Gasteiger partial charge < -0.3 is 10.6 Å². The van der Waals surface area contributed by atoms with Crippen LogP contribution in [0.5, 0.6) is 0 Å².